The summed E-state index contributed by atoms with van der Waals surface area (Å²) in [6.45, 7) is 9.10. The van der Waals surface area contributed by atoms with Crippen LogP contribution in [0.15, 0.2) is 0 Å². The van der Waals surface area contributed by atoms with Gasteiger partial charge in [0.15, 0.2) is 6.29 Å². The van der Waals surface area contributed by atoms with Crippen LogP contribution < -0.4 is 0 Å². The van der Waals surface area contributed by atoms with Crippen LogP contribution in [0.4, 0.5) is 0 Å². The Balaban J connectivity index is 2.52. The minimum absolute atomic E-state index is 0.157. The average Bonchev–Trinajstić information content (AvgIpc) is 2.37. The van der Waals surface area contributed by atoms with E-state index in [1.807, 2.05) is 27.7 Å². The molecule has 1 fully saturated rings. The Kier molecular flexibility index (Phi) is 7.36. The summed E-state index contributed by atoms with van der Waals surface area (Å²) in [5, 5.41) is 29.6. The Morgan fingerprint density at radius 3 is 2.05 bits per heavy atom. The van der Waals surface area contributed by atoms with Crippen molar-refractivity contribution < 1.29 is 29.5 Å². The third kappa shape index (κ3) is 5.27. The maximum absolute atomic E-state index is 9.90. The summed E-state index contributed by atoms with van der Waals surface area (Å²) in [7, 11) is 0. The molecule has 20 heavy (non-hydrogen) atoms. The quantitative estimate of drug-likeness (QED) is 0.618. The number of hydrogen-bond donors (Lipinski definition) is 3. The van der Waals surface area contributed by atoms with Crippen molar-refractivity contribution in [3.8, 4) is 0 Å². The zero-order chi connectivity index (χ0) is 15.3. The van der Waals surface area contributed by atoms with Gasteiger partial charge in [-0.1, -0.05) is 27.7 Å². The van der Waals surface area contributed by atoms with E-state index < -0.39 is 30.7 Å². The van der Waals surface area contributed by atoms with Gasteiger partial charge in [-0.25, -0.2) is 0 Å². The molecule has 0 aromatic carbocycles. The third-order valence-electron chi connectivity index (χ3n) is 3.00. The monoisotopic (exact) mass is 292 g/mol. The Hall–Kier alpha value is -0.240. The molecule has 6 heteroatoms. The molecule has 0 aliphatic carbocycles. The summed E-state index contributed by atoms with van der Waals surface area (Å²) in [6, 6.07) is 0. The molecule has 0 aromatic rings. The van der Waals surface area contributed by atoms with E-state index in [0.29, 0.717) is 19.1 Å². The van der Waals surface area contributed by atoms with Gasteiger partial charge in [-0.3, -0.25) is 0 Å². The van der Waals surface area contributed by atoms with Crippen molar-refractivity contribution in [2.24, 2.45) is 11.8 Å². The first-order valence-corrected chi connectivity index (χ1v) is 7.22. The molecule has 0 aromatic heterocycles. The molecule has 1 aliphatic rings. The summed E-state index contributed by atoms with van der Waals surface area (Å²) in [4.78, 5) is 0. The van der Waals surface area contributed by atoms with E-state index in [1.165, 1.54) is 0 Å². The highest BCUT2D eigenvalue weighted by Crippen LogP contribution is 2.23. The van der Waals surface area contributed by atoms with E-state index in [0.717, 1.165) is 0 Å². The summed E-state index contributed by atoms with van der Waals surface area (Å²) in [6.07, 6.45) is -5.39. The third-order valence-corrected chi connectivity index (χ3v) is 3.00. The number of aliphatic hydroxyl groups is 3. The van der Waals surface area contributed by atoms with Gasteiger partial charge in [0.05, 0.1) is 13.2 Å². The van der Waals surface area contributed by atoms with Gasteiger partial charge in [-0.2, -0.15) is 0 Å². The van der Waals surface area contributed by atoms with Crippen molar-refractivity contribution in [1.82, 2.24) is 0 Å². The van der Waals surface area contributed by atoms with Gasteiger partial charge in [0.1, 0.15) is 24.4 Å². The zero-order valence-electron chi connectivity index (χ0n) is 12.7. The van der Waals surface area contributed by atoms with E-state index in [-0.39, 0.29) is 12.5 Å². The lowest BCUT2D eigenvalue weighted by Crippen LogP contribution is -2.59. The zero-order valence-corrected chi connectivity index (χ0v) is 12.7. The SMILES string of the molecule is CC(C)COCC1OC(OCC(C)C)C(O)C(O)C1O. The van der Waals surface area contributed by atoms with Crippen molar-refractivity contribution in [2.75, 3.05) is 19.8 Å². The second kappa shape index (κ2) is 8.26. The molecule has 5 unspecified atom stereocenters. The smallest absolute Gasteiger partial charge is 0.186 e. The molecule has 5 atom stereocenters. The van der Waals surface area contributed by atoms with Crippen LogP contribution in [0.3, 0.4) is 0 Å². The predicted molar refractivity (Wildman–Crippen MR) is 73.1 cm³/mol. The number of ether oxygens (including phenoxy) is 3. The van der Waals surface area contributed by atoms with Gasteiger partial charge >= 0.3 is 0 Å². The Morgan fingerprint density at radius 1 is 0.900 bits per heavy atom. The van der Waals surface area contributed by atoms with Crippen molar-refractivity contribution in [1.29, 1.82) is 0 Å². The summed E-state index contributed by atoms with van der Waals surface area (Å²) in [5.41, 5.74) is 0. The van der Waals surface area contributed by atoms with Gasteiger partial charge < -0.3 is 29.5 Å². The predicted octanol–water partition coefficient (Wildman–Crippen LogP) is 0.139. The fourth-order valence-corrected chi connectivity index (χ4v) is 1.90. The van der Waals surface area contributed by atoms with Crippen LogP contribution in [0.5, 0.6) is 0 Å². The molecule has 0 amide bonds. The van der Waals surface area contributed by atoms with Crippen LogP contribution in [-0.2, 0) is 14.2 Å². The molecule has 0 spiro atoms. The molecule has 6 nitrogen and oxygen atoms in total. The van der Waals surface area contributed by atoms with Crippen LogP contribution in [0.1, 0.15) is 27.7 Å². The van der Waals surface area contributed by atoms with Crippen LogP contribution in [0.2, 0.25) is 0 Å². The Morgan fingerprint density at radius 2 is 1.50 bits per heavy atom. The molecule has 0 bridgehead atoms. The first-order valence-electron chi connectivity index (χ1n) is 7.22. The van der Waals surface area contributed by atoms with Crippen molar-refractivity contribution in [3.63, 3.8) is 0 Å². The fourth-order valence-electron chi connectivity index (χ4n) is 1.90. The number of aliphatic hydroxyl groups excluding tert-OH is 3. The number of rotatable bonds is 7. The Bertz CT molecular complexity index is 268. The molecular weight excluding hydrogens is 264 g/mol. The molecule has 0 radical (unpaired) electrons. The molecule has 1 heterocycles. The lowest BCUT2D eigenvalue weighted by molar-refractivity contribution is -0.304. The van der Waals surface area contributed by atoms with Crippen molar-refractivity contribution >= 4 is 0 Å². The fraction of sp³-hybridized carbons (Fsp3) is 1.00. The molecule has 0 saturated carbocycles. The maximum Gasteiger partial charge on any atom is 0.186 e. The van der Waals surface area contributed by atoms with Gasteiger partial charge in [0.2, 0.25) is 0 Å². The van der Waals surface area contributed by atoms with E-state index in [9.17, 15) is 15.3 Å². The van der Waals surface area contributed by atoms with Crippen molar-refractivity contribution in [2.45, 2.75) is 58.4 Å². The molecule has 1 rings (SSSR count). The second-order valence-corrected chi connectivity index (χ2v) is 6.17. The van der Waals surface area contributed by atoms with Crippen LogP contribution in [0, 0.1) is 11.8 Å². The standard InChI is InChI=1S/C14H28O6/c1-8(2)5-18-7-10-11(15)12(16)13(17)14(20-10)19-6-9(3)4/h8-17H,5-7H2,1-4H3. The van der Waals surface area contributed by atoms with E-state index in [2.05, 4.69) is 0 Å². The van der Waals surface area contributed by atoms with Gasteiger partial charge in [0, 0.05) is 6.61 Å². The topological polar surface area (TPSA) is 88.4 Å². The Labute approximate surface area is 120 Å². The molecule has 1 saturated heterocycles. The van der Waals surface area contributed by atoms with Crippen LogP contribution in [-0.4, -0.2) is 65.8 Å². The highest BCUT2D eigenvalue weighted by atomic mass is 16.7. The maximum atomic E-state index is 9.90. The minimum Gasteiger partial charge on any atom is -0.387 e. The first-order chi connectivity index (χ1) is 9.32. The second-order valence-electron chi connectivity index (χ2n) is 6.17. The highest BCUT2D eigenvalue weighted by Gasteiger charge is 2.44. The van der Waals surface area contributed by atoms with Gasteiger partial charge in [-0.05, 0) is 11.8 Å². The summed E-state index contributed by atoms with van der Waals surface area (Å²) >= 11 is 0. The molecule has 1 aliphatic heterocycles. The minimum atomic E-state index is -1.30. The molecular formula is C14H28O6. The lowest BCUT2D eigenvalue weighted by Gasteiger charge is -2.40. The first kappa shape index (κ1) is 17.8. The van der Waals surface area contributed by atoms with Crippen LogP contribution in [0.25, 0.3) is 0 Å². The lowest BCUT2D eigenvalue weighted by atomic mass is 9.99. The molecule has 3 N–H and O–H groups in total. The van der Waals surface area contributed by atoms with Crippen LogP contribution >= 0.6 is 0 Å². The van der Waals surface area contributed by atoms with E-state index in [1.54, 1.807) is 0 Å². The summed E-state index contributed by atoms with van der Waals surface area (Å²) in [5.74, 6) is 0.657. The van der Waals surface area contributed by atoms with E-state index in [4.69, 9.17) is 14.2 Å². The normalized spacial score (nSPS) is 35.0. The highest BCUT2D eigenvalue weighted by molar-refractivity contribution is 4.89. The van der Waals surface area contributed by atoms with Crippen molar-refractivity contribution in [3.05, 3.63) is 0 Å². The van der Waals surface area contributed by atoms with Gasteiger partial charge in [-0.15, -0.1) is 0 Å². The van der Waals surface area contributed by atoms with E-state index >= 15 is 0 Å². The van der Waals surface area contributed by atoms with Gasteiger partial charge in [0.25, 0.3) is 0 Å². The molecule has 120 valence electrons. The largest absolute Gasteiger partial charge is 0.387 e. The number of hydrogen-bond acceptors (Lipinski definition) is 6. The average molecular weight is 292 g/mol. The summed E-state index contributed by atoms with van der Waals surface area (Å²) < 4.78 is 16.4.